The molecule has 0 radical (unpaired) electrons. The van der Waals surface area contributed by atoms with Gasteiger partial charge in [0, 0.05) is 21.2 Å². The van der Waals surface area contributed by atoms with Crippen LogP contribution < -0.4 is 5.56 Å². The molecule has 2 aromatic carbocycles. The Morgan fingerprint density at radius 1 is 0.926 bits per heavy atom. The van der Waals surface area contributed by atoms with E-state index in [9.17, 15) is 4.79 Å². The quantitative estimate of drug-likeness (QED) is 0.387. The lowest BCUT2D eigenvalue weighted by Crippen LogP contribution is -2.18. The van der Waals surface area contributed by atoms with Crippen molar-refractivity contribution in [1.29, 1.82) is 0 Å². The highest BCUT2D eigenvalue weighted by Gasteiger charge is 2.17. The van der Waals surface area contributed by atoms with Crippen molar-refractivity contribution in [3.63, 3.8) is 0 Å². The van der Waals surface area contributed by atoms with Crippen molar-refractivity contribution >= 4 is 38.0 Å². The molecule has 0 spiro atoms. The van der Waals surface area contributed by atoms with Gasteiger partial charge in [0.15, 0.2) is 5.65 Å². The Balaban J connectivity index is 2.00. The van der Waals surface area contributed by atoms with Crippen LogP contribution in [0.5, 0.6) is 0 Å². The van der Waals surface area contributed by atoms with E-state index in [0.717, 1.165) is 37.3 Å². The standard InChI is InChI=1S/C22H17N3OS/c1-12-8-10-15(11-9-12)19-16-6-4-5-7-17(16)20-23-21-18(13(2)14(3)27-21)22(26)25(20)24-19/h4-11H,1-3H3. The van der Waals surface area contributed by atoms with E-state index in [0.29, 0.717) is 11.0 Å². The molecule has 5 heteroatoms. The molecule has 132 valence electrons. The minimum atomic E-state index is -0.101. The highest BCUT2D eigenvalue weighted by atomic mass is 32.1. The number of benzene rings is 2. The lowest BCUT2D eigenvalue weighted by Gasteiger charge is -2.10. The van der Waals surface area contributed by atoms with Crippen LogP contribution in [0.3, 0.4) is 0 Å². The van der Waals surface area contributed by atoms with Crippen LogP contribution in [-0.2, 0) is 0 Å². The van der Waals surface area contributed by atoms with E-state index in [2.05, 4.69) is 19.1 Å². The number of aryl methyl sites for hydroxylation is 3. The minimum absolute atomic E-state index is 0.101. The van der Waals surface area contributed by atoms with Gasteiger partial charge in [-0.1, -0.05) is 54.1 Å². The van der Waals surface area contributed by atoms with Crippen LogP contribution in [0.15, 0.2) is 53.3 Å². The Hall–Kier alpha value is -3.05. The zero-order valence-corrected chi connectivity index (χ0v) is 16.1. The average molecular weight is 371 g/mol. The molecule has 5 rings (SSSR count). The Labute approximate surface area is 159 Å². The second-order valence-corrected chi connectivity index (χ2v) is 8.08. The first kappa shape index (κ1) is 16.1. The lowest BCUT2D eigenvalue weighted by atomic mass is 10.0. The predicted molar refractivity (Wildman–Crippen MR) is 112 cm³/mol. The van der Waals surface area contributed by atoms with Gasteiger partial charge in [0.25, 0.3) is 5.56 Å². The van der Waals surface area contributed by atoms with Crippen molar-refractivity contribution in [2.24, 2.45) is 0 Å². The van der Waals surface area contributed by atoms with Gasteiger partial charge in [-0.2, -0.15) is 9.61 Å². The lowest BCUT2D eigenvalue weighted by molar-refractivity contribution is 0.898. The molecule has 0 saturated carbocycles. The van der Waals surface area contributed by atoms with Crippen LogP contribution in [0.4, 0.5) is 0 Å². The molecule has 0 fully saturated rings. The third-order valence-corrected chi connectivity index (χ3v) is 6.23. The fourth-order valence-corrected chi connectivity index (χ4v) is 4.54. The molecule has 0 aliphatic carbocycles. The van der Waals surface area contributed by atoms with Crippen LogP contribution in [0.25, 0.3) is 37.9 Å². The zero-order chi connectivity index (χ0) is 18.7. The van der Waals surface area contributed by atoms with Crippen LogP contribution in [0.2, 0.25) is 0 Å². The van der Waals surface area contributed by atoms with Crippen molar-refractivity contribution < 1.29 is 0 Å². The average Bonchev–Trinajstić information content (AvgIpc) is 2.96. The summed E-state index contributed by atoms with van der Waals surface area (Å²) >= 11 is 1.57. The molecule has 27 heavy (non-hydrogen) atoms. The van der Waals surface area contributed by atoms with Gasteiger partial charge in [0.05, 0.1) is 11.1 Å². The van der Waals surface area contributed by atoms with E-state index in [1.54, 1.807) is 11.3 Å². The summed E-state index contributed by atoms with van der Waals surface area (Å²) in [4.78, 5) is 20.0. The second kappa shape index (κ2) is 5.72. The monoisotopic (exact) mass is 371 g/mol. The Morgan fingerprint density at radius 3 is 2.37 bits per heavy atom. The minimum Gasteiger partial charge on any atom is -0.267 e. The van der Waals surface area contributed by atoms with Crippen LogP contribution in [0.1, 0.15) is 16.0 Å². The summed E-state index contributed by atoms with van der Waals surface area (Å²) in [7, 11) is 0. The largest absolute Gasteiger partial charge is 0.283 e. The van der Waals surface area contributed by atoms with E-state index in [-0.39, 0.29) is 5.56 Å². The van der Waals surface area contributed by atoms with Crippen LogP contribution in [0, 0.1) is 20.8 Å². The number of aromatic nitrogens is 3. The third-order valence-electron chi connectivity index (χ3n) is 5.13. The van der Waals surface area contributed by atoms with Crippen molar-refractivity contribution in [2.75, 3.05) is 0 Å². The molecule has 0 unspecified atom stereocenters. The van der Waals surface area contributed by atoms with Gasteiger partial charge in [-0.25, -0.2) is 4.98 Å². The number of hydrogen-bond acceptors (Lipinski definition) is 4. The fraction of sp³-hybridized carbons (Fsp3) is 0.136. The summed E-state index contributed by atoms with van der Waals surface area (Å²) in [6.45, 7) is 6.06. The van der Waals surface area contributed by atoms with E-state index >= 15 is 0 Å². The summed E-state index contributed by atoms with van der Waals surface area (Å²) in [5, 5.41) is 7.36. The first-order chi connectivity index (χ1) is 13.0. The van der Waals surface area contributed by atoms with Crippen molar-refractivity contribution in [3.05, 3.63) is 74.9 Å². The Kier molecular flexibility index (Phi) is 3.42. The number of fused-ring (bicyclic) bond motifs is 4. The molecule has 0 saturated heterocycles. The summed E-state index contributed by atoms with van der Waals surface area (Å²) in [6, 6.07) is 16.2. The molecule has 0 amide bonds. The molecular formula is C22H17N3OS. The summed E-state index contributed by atoms with van der Waals surface area (Å²) in [5.74, 6) is 0. The van der Waals surface area contributed by atoms with Crippen molar-refractivity contribution in [1.82, 2.24) is 14.6 Å². The van der Waals surface area contributed by atoms with Gasteiger partial charge in [-0.05, 0) is 26.3 Å². The van der Waals surface area contributed by atoms with E-state index in [1.807, 2.05) is 50.2 Å². The molecule has 0 atom stereocenters. The van der Waals surface area contributed by atoms with Crippen molar-refractivity contribution in [3.8, 4) is 11.3 Å². The van der Waals surface area contributed by atoms with E-state index < -0.39 is 0 Å². The van der Waals surface area contributed by atoms with Gasteiger partial charge in [-0.15, -0.1) is 11.3 Å². The van der Waals surface area contributed by atoms with Gasteiger partial charge >= 0.3 is 0 Å². The Morgan fingerprint density at radius 2 is 1.63 bits per heavy atom. The number of rotatable bonds is 1. The molecular weight excluding hydrogens is 354 g/mol. The van der Waals surface area contributed by atoms with E-state index in [4.69, 9.17) is 10.1 Å². The highest BCUT2D eigenvalue weighted by Crippen LogP contribution is 2.31. The maximum Gasteiger partial charge on any atom is 0.283 e. The maximum atomic E-state index is 13.3. The maximum absolute atomic E-state index is 13.3. The van der Waals surface area contributed by atoms with E-state index in [1.165, 1.54) is 10.1 Å². The highest BCUT2D eigenvalue weighted by molar-refractivity contribution is 7.18. The van der Waals surface area contributed by atoms with Crippen molar-refractivity contribution in [2.45, 2.75) is 20.8 Å². The summed E-state index contributed by atoms with van der Waals surface area (Å²) in [6.07, 6.45) is 0. The zero-order valence-electron chi connectivity index (χ0n) is 15.3. The first-order valence-corrected chi connectivity index (χ1v) is 9.65. The Bertz CT molecular complexity index is 1410. The molecule has 0 N–H and O–H groups in total. The summed E-state index contributed by atoms with van der Waals surface area (Å²) < 4.78 is 1.47. The first-order valence-electron chi connectivity index (χ1n) is 8.83. The molecule has 0 aliphatic rings. The number of thiophene rings is 1. The van der Waals surface area contributed by atoms with Gasteiger partial charge in [-0.3, -0.25) is 4.79 Å². The predicted octanol–water partition coefficient (Wildman–Crippen LogP) is 5.05. The van der Waals surface area contributed by atoms with Gasteiger partial charge in [0.1, 0.15) is 4.83 Å². The molecule has 3 heterocycles. The number of nitrogens with zero attached hydrogens (tertiary/aromatic N) is 3. The topological polar surface area (TPSA) is 47.3 Å². The normalized spacial score (nSPS) is 11.7. The number of hydrogen-bond donors (Lipinski definition) is 0. The van der Waals surface area contributed by atoms with Crippen LogP contribution in [-0.4, -0.2) is 14.6 Å². The third kappa shape index (κ3) is 2.32. The SMILES string of the molecule is Cc1ccc(-c2nn3c(=O)c4c(C)c(C)sc4nc3c3ccccc23)cc1. The molecule has 0 aliphatic heterocycles. The fourth-order valence-electron chi connectivity index (χ4n) is 3.52. The molecule has 4 nitrogen and oxygen atoms in total. The van der Waals surface area contributed by atoms with Gasteiger partial charge < -0.3 is 0 Å². The van der Waals surface area contributed by atoms with Gasteiger partial charge in [0.2, 0.25) is 0 Å². The second-order valence-electron chi connectivity index (χ2n) is 6.88. The summed E-state index contributed by atoms with van der Waals surface area (Å²) in [5.41, 5.74) is 4.48. The van der Waals surface area contributed by atoms with Crippen LogP contribution >= 0.6 is 11.3 Å². The smallest absolute Gasteiger partial charge is 0.267 e. The molecule has 5 aromatic rings. The molecule has 3 aromatic heterocycles. The molecule has 0 bridgehead atoms.